The molecule has 166 valence electrons. The van der Waals surface area contributed by atoms with E-state index < -0.39 is 15.9 Å². The van der Waals surface area contributed by atoms with E-state index in [0.717, 1.165) is 11.3 Å². The molecule has 0 aliphatic rings. The van der Waals surface area contributed by atoms with Gasteiger partial charge in [0.2, 0.25) is 0 Å². The number of hydrogen-bond acceptors (Lipinski definition) is 9. The first-order chi connectivity index (χ1) is 14.5. The van der Waals surface area contributed by atoms with Crippen molar-refractivity contribution in [2.45, 2.75) is 24.6 Å². The summed E-state index contributed by atoms with van der Waals surface area (Å²) in [6.07, 6.45) is 0. The van der Waals surface area contributed by atoms with Gasteiger partial charge < -0.3 is 25.1 Å². The number of sulfonamides is 1. The van der Waals surface area contributed by atoms with E-state index in [4.69, 9.17) is 9.56 Å². The van der Waals surface area contributed by atoms with Gasteiger partial charge in [0.1, 0.15) is 17.2 Å². The van der Waals surface area contributed by atoms with Crippen LogP contribution in [-0.4, -0.2) is 42.8 Å². The molecule has 31 heavy (non-hydrogen) atoms. The number of hydrogen-bond donors (Lipinski definition) is 4. The van der Waals surface area contributed by atoms with Gasteiger partial charge in [-0.1, -0.05) is 6.07 Å². The lowest BCUT2D eigenvalue weighted by Crippen LogP contribution is -2.21. The Labute approximate surface area is 183 Å². The highest BCUT2D eigenvalue weighted by molar-refractivity contribution is 7.91. The van der Waals surface area contributed by atoms with E-state index in [-0.39, 0.29) is 39.3 Å². The molecule has 0 saturated carbocycles. The second-order valence-corrected chi connectivity index (χ2v) is 9.60. The predicted octanol–water partition coefficient (Wildman–Crippen LogP) is 2.76. The summed E-state index contributed by atoms with van der Waals surface area (Å²) in [5, 5.41) is 21.8. The van der Waals surface area contributed by atoms with Crippen molar-refractivity contribution in [1.82, 2.24) is 9.27 Å². The Morgan fingerprint density at radius 1 is 1.32 bits per heavy atom. The Balaban J connectivity index is 1.97. The predicted molar refractivity (Wildman–Crippen MR) is 118 cm³/mol. The summed E-state index contributed by atoms with van der Waals surface area (Å²) in [6, 6.07) is 6.41. The molecule has 3 rings (SSSR count). The van der Waals surface area contributed by atoms with Crippen LogP contribution in [0.15, 0.2) is 32.9 Å². The molecular formula is C19H23N5O5S2. The number of phenolic OH excluding ortho intramolecular Hbond substituents is 1. The number of anilines is 3. The van der Waals surface area contributed by atoms with Crippen LogP contribution in [-0.2, 0) is 16.6 Å². The zero-order valence-electron chi connectivity index (χ0n) is 17.4. The Hall–Kier alpha value is -3.09. The summed E-state index contributed by atoms with van der Waals surface area (Å²) in [5.41, 5.74) is 1.25. The van der Waals surface area contributed by atoms with Gasteiger partial charge in [0.15, 0.2) is 15.8 Å². The molecule has 0 aliphatic heterocycles. The molecule has 0 unspecified atom stereocenters. The fourth-order valence-electron chi connectivity index (χ4n) is 2.80. The van der Waals surface area contributed by atoms with E-state index >= 15 is 0 Å². The summed E-state index contributed by atoms with van der Waals surface area (Å²) in [7, 11) is -0.979. The maximum atomic E-state index is 12.3. The molecule has 0 saturated heterocycles. The van der Waals surface area contributed by atoms with Gasteiger partial charge in [0.25, 0.3) is 15.9 Å². The molecule has 5 N–H and O–H groups in total. The number of nitrogens with zero attached hydrogens (tertiary/aromatic N) is 2. The Kier molecular flexibility index (Phi) is 6.25. The van der Waals surface area contributed by atoms with Gasteiger partial charge in [0, 0.05) is 14.1 Å². The van der Waals surface area contributed by atoms with Crippen LogP contribution in [0.5, 0.6) is 5.75 Å². The van der Waals surface area contributed by atoms with E-state index in [2.05, 4.69) is 15.0 Å². The molecule has 10 nitrogen and oxygen atoms in total. The first-order valence-corrected chi connectivity index (χ1v) is 11.4. The van der Waals surface area contributed by atoms with Crippen molar-refractivity contribution in [1.29, 1.82) is 0 Å². The van der Waals surface area contributed by atoms with Crippen LogP contribution in [0.2, 0.25) is 0 Å². The number of primary sulfonamides is 1. The van der Waals surface area contributed by atoms with E-state index in [9.17, 15) is 18.3 Å². The van der Waals surface area contributed by atoms with Crippen molar-refractivity contribution in [3.05, 3.63) is 46.9 Å². The third-order valence-electron chi connectivity index (χ3n) is 4.50. The zero-order chi connectivity index (χ0) is 22.9. The largest absolute Gasteiger partial charge is 0.505 e. The number of para-hydroxylation sites is 1. The number of benzene rings is 1. The minimum absolute atomic E-state index is 0.0615. The van der Waals surface area contributed by atoms with Crippen LogP contribution in [0.4, 0.5) is 17.2 Å². The molecule has 3 aromatic rings. The summed E-state index contributed by atoms with van der Waals surface area (Å²) in [6.45, 7) is 4.02. The lowest BCUT2D eigenvalue weighted by molar-refractivity contribution is 0.0824. The molecule has 0 fully saturated rings. The number of rotatable bonds is 7. The number of nitrogens with one attached hydrogen (secondary N) is 2. The first kappa shape index (κ1) is 22.6. The molecule has 1 aromatic carbocycles. The monoisotopic (exact) mass is 465 g/mol. The minimum atomic E-state index is -4.10. The quantitative estimate of drug-likeness (QED) is 0.389. The van der Waals surface area contributed by atoms with Gasteiger partial charge in [-0.2, -0.15) is 4.37 Å². The highest BCUT2D eigenvalue weighted by Gasteiger charge is 2.25. The second-order valence-electron chi connectivity index (χ2n) is 7.07. The number of carbonyl (C=O) groups excluding carboxylic acids is 1. The van der Waals surface area contributed by atoms with Crippen molar-refractivity contribution in [2.75, 3.05) is 24.7 Å². The Morgan fingerprint density at radius 3 is 2.61 bits per heavy atom. The summed E-state index contributed by atoms with van der Waals surface area (Å²) >= 11 is 0.692. The zero-order valence-corrected chi connectivity index (χ0v) is 19.0. The van der Waals surface area contributed by atoms with Crippen LogP contribution in [0, 0.1) is 13.8 Å². The van der Waals surface area contributed by atoms with Gasteiger partial charge >= 0.3 is 0 Å². The molecule has 2 heterocycles. The molecule has 0 spiro atoms. The van der Waals surface area contributed by atoms with Crippen LogP contribution in [0.1, 0.15) is 27.4 Å². The maximum absolute atomic E-state index is 12.3. The van der Waals surface area contributed by atoms with Gasteiger partial charge in [-0.15, -0.1) is 0 Å². The molecule has 0 bridgehead atoms. The Morgan fingerprint density at radius 2 is 2.03 bits per heavy atom. The average Bonchev–Trinajstić information content (AvgIpc) is 3.23. The van der Waals surface area contributed by atoms with Gasteiger partial charge in [-0.3, -0.25) is 4.79 Å². The van der Waals surface area contributed by atoms with Crippen LogP contribution in [0.25, 0.3) is 0 Å². The van der Waals surface area contributed by atoms with Crippen molar-refractivity contribution >= 4 is 44.7 Å². The van der Waals surface area contributed by atoms with Crippen molar-refractivity contribution in [2.24, 2.45) is 5.14 Å². The van der Waals surface area contributed by atoms with Crippen molar-refractivity contribution in [3.8, 4) is 5.75 Å². The Bertz CT molecular complexity index is 1210. The van der Waals surface area contributed by atoms with Gasteiger partial charge in [0.05, 0.1) is 17.8 Å². The summed E-state index contributed by atoms with van der Waals surface area (Å²) in [4.78, 5) is 13.6. The van der Waals surface area contributed by atoms with Gasteiger partial charge in [-0.05, 0) is 49.1 Å². The SMILES string of the molecule is Cc1cc(CNc2nsc(S(N)(=O)=O)c2Nc2cccc(C(=O)N(C)C)c2O)oc1C. The third kappa shape index (κ3) is 4.81. The highest BCUT2D eigenvalue weighted by Crippen LogP contribution is 2.38. The first-order valence-electron chi connectivity index (χ1n) is 9.12. The number of aromatic hydroxyl groups is 1. The smallest absolute Gasteiger partial charge is 0.257 e. The highest BCUT2D eigenvalue weighted by atomic mass is 32.2. The maximum Gasteiger partial charge on any atom is 0.257 e. The molecular weight excluding hydrogens is 442 g/mol. The number of carbonyl (C=O) groups is 1. The number of amides is 1. The minimum Gasteiger partial charge on any atom is -0.505 e. The van der Waals surface area contributed by atoms with Crippen LogP contribution >= 0.6 is 11.5 Å². The molecule has 2 aromatic heterocycles. The molecule has 1 amide bonds. The number of aromatic nitrogens is 1. The molecule has 0 atom stereocenters. The molecule has 0 aliphatic carbocycles. The summed E-state index contributed by atoms with van der Waals surface area (Å²) in [5.74, 6) is 0.914. The van der Waals surface area contributed by atoms with E-state index in [0.29, 0.717) is 17.3 Å². The molecule has 12 heteroatoms. The fourth-order valence-corrected chi connectivity index (χ4v) is 4.33. The van der Waals surface area contributed by atoms with Crippen molar-refractivity contribution in [3.63, 3.8) is 0 Å². The standard InChI is InChI=1S/C19H23N5O5S2/c1-10-8-12(29-11(10)2)9-21-17-15(19(30-23-17)31(20,27)28)22-14-7-5-6-13(16(14)25)18(26)24(3)4/h5-8,22,25H,9H2,1-4H3,(H,21,23)(H2,20,27,28). The third-order valence-corrected chi connectivity index (χ3v) is 6.78. The average molecular weight is 466 g/mol. The molecule has 0 radical (unpaired) electrons. The van der Waals surface area contributed by atoms with Crippen molar-refractivity contribution < 1.29 is 22.7 Å². The van der Waals surface area contributed by atoms with Crippen LogP contribution < -0.4 is 15.8 Å². The summed E-state index contributed by atoms with van der Waals surface area (Å²) < 4.78 is 33.7. The van der Waals surface area contributed by atoms with Gasteiger partial charge in [-0.25, -0.2) is 13.6 Å². The van der Waals surface area contributed by atoms with E-state index in [1.165, 1.54) is 17.0 Å². The lowest BCUT2D eigenvalue weighted by atomic mass is 10.1. The number of furan rings is 1. The van der Waals surface area contributed by atoms with Crippen LogP contribution in [0.3, 0.4) is 0 Å². The van der Waals surface area contributed by atoms with E-state index in [1.807, 2.05) is 19.9 Å². The second kappa shape index (κ2) is 8.57. The van der Waals surface area contributed by atoms with E-state index in [1.54, 1.807) is 20.2 Å². The normalized spacial score (nSPS) is 11.4. The number of nitrogens with two attached hydrogens (primary N) is 1. The topological polar surface area (TPSA) is 151 Å². The lowest BCUT2D eigenvalue weighted by Gasteiger charge is -2.15. The number of aryl methyl sites for hydroxylation is 2. The number of phenols is 1. The fraction of sp³-hybridized carbons (Fsp3) is 0.263.